The lowest BCUT2D eigenvalue weighted by molar-refractivity contribution is -0.175. The number of aromatic amines is 1. The highest BCUT2D eigenvalue weighted by molar-refractivity contribution is 5.90. The molecule has 3 heterocycles. The minimum absolute atomic E-state index is 0.143. The van der Waals surface area contributed by atoms with Gasteiger partial charge in [0.05, 0.1) is 6.04 Å². The van der Waals surface area contributed by atoms with Crippen LogP contribution in [0.4, 0.5) is 13.2 Å². The Labute approximate surface area is 159 Å². The maximum absolute atomic E-state index is 13.0. The summed E-state index contributed by atoms with van der Waals surface area (Å²) in [7, 11) is 0. The van der Waals surface area contributed by atoms with Crippen molar-refractivity contribution in [1.82, 2.24) is 20.3 Å². The van der Waals surface area contributed by atoms with Gasteiger partial charge in [0.25, 0.3) is 5.91 Å². The molecule has 2 aromatic rings. The third-order valence-corrected chi connectivity index (χ3v) is 5.50. The van der Waals surface area contributed by atoms with Crippen LogP contribution in [0.5, 0.6) is 0 Å². The van der Waals surface area contributed by atoms with Crippen LogP contribution in [-0.4, -0.2) is 58.2 Å². The van der Waals surface area contributed by atoms with E-state index in [9.17, 15) is 22.8 Å². The van der Waals surface area contributed by atoms with Crippen molar-refractivity contribution >= 4 is 22.7 Å². The Morgan fingerprint density at radius 3 is 2.79 bits per heavy atom. The number of carbonyl (C=O) groups is 2. The molecule has 2 saturated heterocycles. The van der Waals surface area contributed by atoms with Crippen LogP contribution in [-0.2, 0) is 16.0 Å². The van der Waals surface area contributed by atoms with Gasteiger partial charge in [0.2, 0.25) is 0 Å². The molecule has 0 spiro atoms. The van der Waals surface area contributed by atoms with Gasteiger partial charge in [-0.15, -0.1) is 0 Å². The molecule has 2 atom stereocenters. The van der Waals surface area contributed by atoms with Gasteiger partial charge in [-0.2, -0.15) is 13.2 Å². The molecule has 28 heavy (non-hydrogen) atoms. The van der Waals surface area contributed by atoms with Crippen LogP contribution < -0.4 is 5.32 Å². The highest BCUT2D eigenvalue weighted by atomic mass is 19.4. The number of hydrogen-bond donors (Lipinski definition) is 2. The predicted molar refractivity (Wildman–Crippen MR) is 96.0 cm³/mol. The Morgan fingerprint density at radius 2 is 2.00 bits per heavy atom. The average molecular weight is 394 g/mol. The van der Waals surface area contributed by atoms with Crippen molar-refractivity contribution in [1.29, 1.82) is 0 Å². The quantitative estimate of drug-likeness (QED) is 0.840. The first-order valence-corrected chi connectivity index (χ1v) is 9.35. The molecule has 0 radical (unpaired) electrons. The molecule has 1 aromatic heterocycles. The summed E-state index contributed by atoms with van der Waals surface area (Å²) >= 11 is 0. The van der Waals surface area contributed by atoms with Crippen LogP contribution in [0.25, 0.3) is 10.9 Å². The third kappa shape index (κ3) is 3.46. The zero-order valence-corrected chi connectivity index (χ0v) is 15.1. The smallest absolute Gasteiger partial charge is 0.361 e. The molecule has 2 aliphatic rings. The van der Waals surface area contributed by atoms with E-state index >= 15 is 0 Å². The number of halogens is 3. The molecule has 2 fully saturated rings. The number of hydrogen-bond acceptors (Lipinski definition) is 3. The zero-order chi connectivity index (χ0) is 19.9. The Kier molecular flexibility index (Phi) is 4.78. The van der Waals surface area contributed by atoms with Crippen LogP contribution in [0, 0.1) is 0 Å². The predicted octanol–water partition coefficient (Wildman–Crippen LogP) is 2.37. The number of amides is 2. The van der Waals surface area contributed by atoms with Gasteiger partial charge in [-0.05, 0) is 37.3 Å². The lowest BCUT2D eigenvalue weighted by atomic mass is 10.0. The molecule has 0 aliphatic carbocycles. The Bertz CT molecular complexity index is 895. The van der Waals surface area contributed by atoms with Crippen LogP contribution in [0.3, 0.4) is 0 Å². The van der Waals surface area contributed by atoms with Gasteiger partial charge in [-0.25, -0.2) is 5.01 Å². The molecule has 2 N–H and O–H groups in total. The first-order valence-electron chi connectivity index (χ1n) is 9.35. The van der Waals surface area contributed by atoms with Crippen LogP contribution >= 0.6 is 0 Å². The third-order valence-electron chi connectivity index (χ3n) is 5.50. The van der Waals surface area contributed by atoms with E-state index < -0.39 is 24.0 Å². The molecular weight excluding hydrogens is 373 g/mol. The largest absolute Gasteiger partial charge is 0.471 e. The summed E-state index contributed by atoms with van der Waals surface area (Å²) in [5.74, 6) is -2.52. The average Bonchev–Trinajstić information content (AvgIpc) is 3.20. The number of benzene rings is 1. The number of alkyl halides is 3. The zero-order valence-electron chi connectivity index (χ0n) is 15.1. The van der Waals surface area contributed by atoms with E-state index in [1.54, 1.807) is 5.01 Å². The highest BCUT2D eigenvalue weighted by Gasteiger charge is 2.45. The molecule has 0 unspecified atom stereocenters. The fraction of sp³-hybridized carbons (Fsp3) is 0.474. The second kappa shape index (κ2) is 7.12. The van der Waals surface area contributed by atoms with E-state index in [-0.39, 0.29) is 12.5 Å². The molecular formula is C19H21F3N4O2. The summed E-state index contributed by atoms with van der Waals surface area (Å²) in [6.07, 6.45) is -0.991. The number of H-pyrrole nitrogens is 1. The summed E-state index contributed by atoms with van der Waals surface area (Å²) in [6, 6.07) is 6.56. The molecule has 9 heteroatoms. The van der Waals surface area contributed by atoms with E-state index in [1.807, 2.05) is 40.8 Å². The van der Waals surface area contributed by atoms with Gasteiger partial charge in [0.1, 0.15) is 6.04 Å². The number of nitrogens with zero attached hydrogens (tertiary/aromatic N) is 2. The molecule has 6 nitrogen and oxygen atoms in total. The van der Waals surface area contributed by atoms with Crippen LogP contribution in [0.15, 0.2) is 30.5 Å². The summed E-state index contributed by atoms with van der Waals surface area (Å²) in [5, 5.41) is 6.44. The number of hydrazine groups is 1. The van der Waals surface area contributed by atoms with Crippen molar-refractivity contribution in [2.45, 2.75) is 43.9 Å². The van der Waals surface area contributed by atoms with Crippen molar-refractivity contribution in [3.05, 3.63) is 36.0 Å². The standard InChI is InChI=1S/C19H21F3N4O2/c20-19(21,22)18(28)24-16-6-3-8-25-9-7-13(26(25)17(16)27)10-12-11-23-15-5-2-1-4-14(12)15/h1-2,4-5,11,13,16,23H,3,6-10H2,(H,24,28)/t13-,16-/m0/s1. The van der Waals surface area contributed by atoms with E-state index in [0.717, 1.165) is 22.9 Å². The lowest BCUT2D eigenvalue weighted by Crippen LogP contribution is -2.54. The maximum atomic E-state index is 13.0. The first kappa shape index (κ1) is 18.8. The molecule has 0 bridgehead atoms. The minimum Gasteiger partial charge on any atom is -0.361 e. The molecule has 4 rings (SSSR count). The number of fused-ring (bicyclic) bond motifs is 2. The second-order valence-corrected chi connectivity index (χ2v) is 7.31. The molecule has 1 aromatic carbocycles. The van der Waals surface area contributed by atoms with Crippen molar-refractivity contribution in [3.63, 3.8) is 0 Å². The molecule has 150 valence electrons. The number of nitrogens with one attached hydrogen (secondary N) is 2. The summed E-state index contributed by atoms with van der Waals surface area (Å²) in [6.45, 7) is 1.27. The van der Waals surface area contributed by atoms with E-state index in [2.05, 4.69) is 4.98 Å². The number of rotatable bonds is 3. The van der Waals surface area contributed by atoms with E-state index in [4.69, 9.17) is 0 Å². The maximum Gasteiger partial charge on any atom is 0.471 e. The van der Waals surface area contributed by atoms with Gasteiger partial charge >= 0.3 is 12.1 Å². The normalized spacial score (nSPS) is 23.7. The fourth-order valence-electron chi connectivity index (χ4n) is 4.18. The van der Waals surface area contributed by atoms with Crippen molar-refractivity contribution in [3.8, 4) is 0 Å². The molecule has 0 saturated carbocycles. The van der Waals surface area contributed by atoms with Gasteiger partial charge in [0, 0.05) is 30.2 Å². The van der Waals surface area contributed by atoms with Crippen molar-refractivity contribution in [2.75, 3.05) is 13.1 Å². The van der Waals surface area contributed by atoms with Gasteiger partial charge in [-0.3, -0.25) is 14.6 Å². The van der Waals surface area contributed by atoms with Crippen LogP contribution in [0.1, 0.15) is 24.8 Å². The van der Waals surface area contributed by atoms with Gasteiger partial charge < -0.3 is 10.3 Å². The summed E-state index contributed by atoms with van der Waals surface area (Å²) in [4.78, 5) is 27.5. The summed E-state index contributed by atoms with van der Waals surface area (Å²) in [5.41, 5.74) is 2.07. The molecule has 2 amide bonds. The van der Waals surface area contributed by atoms with Gasteiger partial charge in [-0.1, -0.05) is 18.2 Å². The first-order chi connectivity index (χ1) is 13.3. The minimum atomic E-state index is -5.00. The highest BCUT2D eigenvalue weighted by Crippen LogP contribution is 2.29. The number of carbonyl (C=O) groups excluding carboxylic acids is 2. The number of para-hydroxylation sites is 1. The Balaban J connectivity index is 1.54. The topological polar surface area (TPSA) is 68.4 Å². The Hall–Kier alpha value is -2.55. The number of aromatic nitrogens is 1. The van der Waals surface area contributed by atoms with Crippen molar-refractivity contribution < 1.29 is 22.8 Å². The van der Waals surface area contributed by atoms with Crippen molar-refractivity contribution in [2.24, 2.45) is 0 Å². The van der Waals surface area contributed by atoms with Crippen LogP contribution in [0.2, 0.25) is 0 Å². The monoisotopic (exact) mass is 394 g/mol. The summed E-state index contributed by atoms with van der Waals surface area (Å²) < 4.78 is 37.9. The fourth-order valence-corrected chi connectivity index (χ4v) is 4.18. The lowest BCUT2D eigenvalue weighted by Gasteiger charge is -2.32. The second-order valence-electron chi connectivity index (χ2n) is 7.31. The molecule has 2 aliphatic heterocycles. The van der Waals surface area contributed by atoms with E-state index in [0.29, 0.717) is 25.9 Å². The SMILES string of the molecule is O=C1[C@@H](NC(=O)C(F)(F)F)CCCN2CC[C@@H](Cc3c[nH]c4ccccc34)N12. The van der Waals surface area contributed by atoms with Gasteiger partial charge in [0.15, 0.2) is 0 Å². The van der Waals surface area contributed by atoms with E-state index in [1.165, 1.54) is 0 Å². The Morgan fingerprint density at radius 1 is 1.21 bits per heavy atom.